The first-order valence-electron chi connectivity index (χ1n) is 20.3. The summed E-state index contributed by atoms with van der Waals surface area (Å²) in [6, 6.07) is 37.0. The Hall–Kier alpha value is -5.73. The van der Waals surface area contributed by atoms with Crippen LogP contribution in [0.4, 0.5) is 8.78 Å². The Kier molecular flexibility index (Phi) is 8.87. The second kappa shape index (κ2) is 13.1. The summed E-state index contributed by atoms with van der Waals surface area (Å²) in [4.78, 5) is 0. The van der Waals surface area contributed by atoms with Crippen LogP contribution in [0, 0.1) is 23.0 Å². The molecule has 0 aliphatic rings. The van der Waals surface area contributed by atoms with Crippen LogP contribution in [0.25, 0.3) is 66.1 Å². The average Bonchev–Trinajstić information content (AvgIpc) is 3.65. The van der Waals surface area contributed by atoms with E-state index in [0.717, 1.165) is 49.7 Å². The third-order valence-electron chi connectivity index (χ3n) is 11.9. The topological polar surface area (TPSA) is 33.6 Å². The summed E-state index contributed by atoms with van der Waals surface area (Å²) in [7, 11) is 0. The largest absolute Gasteiger partial charge is 0.308 e. The Labute approximate surface area is 341 Å². The molecular formula is C53H53F2N3. The fourth-order valence-corrected chi connectivity index (χ4v) is 8.39. The monoisotopic (exact) mass is 769 g/mol. The van der Waals surface area contributed by atoms with Crippen molar-refractivity contribution in [1.29, 1.82) is 5.26 Å². The van der Waals surface area contributed by atoms with Gasteiger partial charge in [-0.1, -0.05) is 119 Å². The van der Waals surface area contributed by atoms with Crippen molar-refractivity contribution < 1.29 is 8.78 Å². The fourth-order valence-electron chi connectivity index (χ4n) is 8.39. The predicted octanol–water partition coefficient (Wildman–Crippen LogP) is 14.9. The molecule has 58 heavy (non-hydrogen) atoms. The number of hydrogen-bond acceptors (Lipinski definition) is 1. The predicted molar refractivity (Wildman–Crippen MR) is 240 cm³/mol. The third-order valence-corrected chi connectivity index (χ3v) is 11.9. The maximum absolute atomic E-state index is 16.0. The number of nitriles is 1. The van der Waals surface area contributed by atoms with Gasteiger partial charge in [0.1, 0.15) is 11.6 Å². The van der Waals surface area contributed by atoms with Crippen molar-refractivity contribution in [3.05, 3.63) is 143 Å². The van der Waals surface area contributed by atoms with Crippen LogP contribution < -0.4 is 0 Å². The van der Waals surface area contributed by atoms with E-state index >= 15 is 8.78 Å². The molecule has 8 rings (SSSR count). The molecule has 2 heterocycles. The van der Waals surface area contributed by atoms with Gasteiger partial charge in [0.2, 0.25) is 0 Å². The van der Waals surface area contributed by atoms with Gasteiger partial charge < -0.3 is 9.13 Å². The van der Waals surface area contributed by atoms with Crippen molar-refractivity contribution in [2.75, 3.05) is 0 Å². The van der Waals surface area contributed by atoms with Gasteiger partial charge in [-0.25, -0.2) is 8.78 Å². The Morgan fingerprint density at radius 2 is 0.776 bits per heavy atom. The summed E-state index contributed by atoms with van der Waals surface area (Å²) < 4.78 is 35.4. The zero-order valence-electron chi connectivity index (χ0n) is 35.9. The summed E-state index contributed by atoms with van der Waals surface area (Å²) in [6.07, 6.45) is 0. The van der Waals surface area contributed by atoms with E-state index in [9.17, 15) is 5.26 Å². The summed E-state index contributed by atoms with van der Waals surface area (Å²) >= 11 is 0. The van der Waals surface area contributed by atoms with Crippen LogP contribution in [0.2, 0.25) is 0 Å². The molecule has 0 amide bonds. The molecule has 0 radical (unpaired) electrons. The molecule has 0 saturated heterocycles. The highest BCUT2D eigenvalue weighted by atomic mass is 19.2. The highest BCUT2D eigenvalue weighted by Crippen LogP contribution is 2.43. The number of rotatable bonds is 3. The van der Waals surface area contributed by atoms with Crippen LogP contribution in [-0.2, 0) is 21.7 Å². The maximum Gasteiger partial charge on any atom is 0.166 e. The molecule has 0 saturated carbocycles. The first-order valence-corrected chi connectivity index (χ1v) is 20.3. The highest BCUT2D eigenvalue weighted by Gasteiger charge is 2.27. The summed E-state index contributed by atoms with van der Waals surface area (Å²) in [5.41, 5.74) is 10.4. The van der Waals surface area contributed by atoms with Crippen LogP contribution in [0.5, 0.6) is 0 Å². The molecule has 0 bridgehead atoms. The van der Waals surface area contributed by atoms with E-state index in [2.05, 4.69) is 171 Å². The quantitative estimate of drug-likeness (QED) is 0.176. The summed E-state index contributed by atoms with van der Waals surface area (Å²) in [5.74, 6) is -1.85. The molecule has 294 valence electrons. The Morgan fingerprint density at radius 3 is 1.07 bits per heavy atom. The summed E-state index contributed by atoms with van der Waals surface area (Å²) in [5, 5.41) is 15.7. The number of aromatic nitrogens is 2. The number of halogens is 2. The van der Waals surface area contributed by atoms with Crippen molar-refractivity contribution in [1.82, 2.24) is 9.13 Å². The van der Waals surface area contributed by atoms with Crippen LogP contribution >= 0.6 is 0 Å². The molecule has 0 fully saturated rings. The van der Waals surface area contributed by atoms with Crippen LogP contribution in [0.15, 0.2) is 103 Å². The smallest absolute Gasteiger partial charge is 0.166 e. The molecule has 0 aliphatic heterocycles. The number of hydrogen-bond donors (Lipinski definition) is 0. The SMILES string of the molecule is CC(C)(C)c1ccc2c(c1)c1cc(C(C)(C)C)ccc1n2-c1cc(-c2cccc(F)c2F)cc(-n2c3ccc(C(C)(C)C)cc3c3cc(C(C)(C)C)ccc32)c1C#N. The lowest BCUT2D eigenvalue weighted by Crippen LogP contribution is -2.11. The molecule has 3 nitrogen and oxygen atoms in total. The lowest BCUT2D eigenvalue weighted by molar-refractivity contribution is 0.511. The fraction of sp³-hybridized carbons (Fsp3) is 0.302. The van der Waals surface area contributed by atoms with Gasteiger partial charge in [-0.3, -0.25) is 0 Å². The Morgan fingerprint density at radius 1 is 0.448 bits per heavy atom. The van der Waals surface area contributed by atoms with E-state index in [4.69, 9.17) is 0 Å². The van der Waals surface area contributed by atoms with E-state index in [1.165, 1.54) is 28.3 Å². The molecule has 0 unspecified atom stereocenters. The Balaban J connectivity index is 1.56. The summed E-state index contributed by atoms with van der Waals surface area (Å²) in [6.45, 7) is 26.6. The van der Waals surface area contributed by atoms with Crippen LogP contribution in [0.1, 0.15) is 111 Å². The van der Waals surface area contributed by atoms with Crippen molar-refractivity contribution in [3.8, 4) is 28.6 Å². The van der Waals surface area contributed by atoms with Gasteiger partial charge in [-0.15, -0.1) is 0 Å². The zero-order chi connectivity index (χ0) is 41.9. The van der Waals surface area contributed by atoms with Gasteiger partial charge in [0.15, 0.2) is 11.6 Å². The molecule has 5 heteroatoms. The standard InChI is InChI=1S/C53H53F2N3/c1-50(2,3)32-16-20-43-37(26-32)38-27-33(51(4,5)6)17-21-44(38)57(43)47-24-31(36-14-13-15-42(54)49(36)55)25-48(41(47)30-56)58-45-22-18-34(52(7,8)9)28-39(45)40-29-35(53(10,11)12)19-23-46(40)58/h13-29H,1-12H3. The molecule has 8 aromatic rings. The van der Waals surface area contributed by atoms with Crippen molar-refractivity contribution in [3.63, 3.8) is 0 Å². The Bertz CT molecular complexity index is 2700. The first kappa shape index (κ1) is 39.1. The van der Waals surface area contributed by atoms with Gasteiger partial charge in [0.05, 0.1) is 33.4 Å². The van der Waals surface area contributed by atoms with E-state index < -0.39 is 11.6 Å². The second-order valence-corrected chi connectivity index (χ2v) is 20.2. The van der Waals surface area contributed by atoms with Gasteiger partial charge in [-0.2, -0.15) is 5.26 Å². The van der Waals surface area contributed by atoms with Crippen LogP contribution in [0.3, 0.4) is 0 Å². The average molecular weight is 770 g/mol. The number of benzene rings is 6. The van der Waals surface area contributed by atoms with Gasteiger partial charge in [-0.05, 0) is 116 Å². The van der Waals surface area contributed by atoms with Crippen molar-refractivity contribution >= 4 is 43.6 Å². The van der Waals surface area contributed by atoms with Gasteiger partial charge in [0, 0.05) is 27.1 Å². The van der Waals surface area contributed by atoms with Gasteiger partial charge in [0.25, 0.3) is 0 Å². The minimum absolute atomic E-state index is 0.0969. The van der Waals surface area contributed by atoms with Crippen molar-refractivity contribution in [2.45, 2.75) is 105 Å². The first-order chi connectivity index (χ1) is 27.1. The third kappa shape index (κ3) is 6.38. The van der Waals surface area contributed by atoms with Crippen molar-refractivity contribution in [2.24, 2.45) is 0 Å². The molecule has 2 aromatic heterocycles. The molecular weight excluding hydrogens is 717 g/mol. The van der Waals surface area contributed by atoms with Crippen LogP contribution in [-0.4, -0.2) is 9.13 Å². The van der Waals surface area contributed by atoms with E-state index in [1.807, 2.05) is 12.1 Å². The van der Waals surface area contributed by atoms with E-state index in [0.29, 0.717) is 22.5 Å². The minimum Gasteiger partial charge on any atom is -0.308 e. The van der Waals surface area contributed by atoms with E-state index in [1.54, 1.807) is 6.07 Å². The minimum atomic E-state index is -0.928. The normalized spacial score (nSPS) is 13.0. The molecule has 0 atom stereocenters. The zero-order valence-corrected chi connectivity index (χ0v) is 35.9. The van der Waals surface area contributed by atoms with Gasteiger partial charge >= 0.3 is 0 Å². The highest BCUT2D eigenvalue weighted by molar-refractivity contribution is 6.12. The molecule has 6 aromatic carbocycles. The lowest BCUT2D eigenvalue weighted by atomic mass is 9.85. The number of fused-ring (bicyclic) bond motifs is 6. The molecule has 0 N–H and O–H groups in total. The number of nitrogens with zero attached hydrogens (tertiary/aromatic N) is 3. The second-order valence-electron chi connectivity index (χ2n) is 20.2. The van der Waals surface area contributed by atoms with E-state index in [-0.39, 0.29) is 27.2 Å². The maximum atomic E-state index is 16.0. The molecule has 0 aliphatic carbocycles. The lowest BCUT2D eigenvalue weighted by Gasteiger charge is -2.21. The molecule has 0 spiro atoms.